The summed E-state index contributed by atoms with van der Waals surface area (Å²) in [4.78, 5) is 4.34. The van der Waals surface area contributed by atoms with Crippen molar-refractivity contribution in [3.8, 4) is 0 Å². The molecule has 1 aromatic heterocycles. The van der Waals surface area contributed by atoms with Crippen molar-refractivity contribution in [1.29, 1.82) is 0 Å². The molecule has 0 atom stereocenters. The van der Waals surface area contributed by atoms with Gasteiger partial charge in [0.1, 0.15) is 4.90 Å². The van der Waals surface area contributed by atoms with Gasteiger partial charge in [-0.15, -0.1) is 0 Å². The number of hydrogen-bond donors (Lipinski definition) is 1. The third kappa shape index (κ3) is 2.77. The maximum atomic E-state index is 12.7. The van der Waals surface area contributed by atoms with E-state index in [1.54, 1.807) is 49.5 Å². The topological polar surface area (TPSA) is 59.1 Å². The lowest BCUT2D eigenvalue weighted by molar-refractivity contribution is 0.602. The van der Waals surface area contributed by atoms with Gasteiger partial charge in [0.15, 0.2) is 0 Å². The minimum absolute atomic E-state index is 0.153. The maximum absolute atomic E-state index is 12.7. The molecule has 3 aromatic rings. The van der Waals surface area contributed by atoms with Crippen LogP contribution in [-0.2, 0) is 10.0 Å². The van der Waals surface area contributed by atoms with Gasteiger partial charge in [0, 0.05) is 16.6 Å². The van der Waals surface area contributed by atoms with Crippen LogP contribution in [0.5, 0.6) is 0 Å². The first-order valence-corrected chi connectivity index (χ1v) is 8.46. The molecule has 3 rings (SSSR count). The summed E-state index contributed by atoms with van der Waals surface area (Å²) < 4.78 is 27.9. The zero-order chi connectivity index (χ0) is 15.7. The van der Waals surface area contributed by atoms with Gasteiger partial charge in [-0.05, 0) is 42.8 Å². The molecule has 1 heterocycles. The molecule has 0 aliphatic heterocycles. The molecule has 0 aliphatic carbocycles. The molecule has 4 nitrogen and oxygen atoms in total. The van der Waals surface area contributed by atoms with E-state index in [1.807, 2.05) is 12.1 Å². The Kier molecular flexibility index (Phi) is 3.76. The molecule has 2 aromatic carbocycles. The maximum Gasteiger partial charge on any atom is 0.264 e. The van der Waals surface area contributed by atoms with Crippen molar-refractivity contribution in [2.75, 3.05) is 4.72 Å². The van der Waals surface area contributed by atoms with Crippen LogP contribution in [0.2, 0.25) is 5.02 Å². The van der Waals surface area contributed by atoms with Crippen molar-refractivity contribution in [1.82, 2.24) is 4.98 Å². The highest BCUT2D eigenvalue weighted by molar-refractivity contribution is 7.93. The number of benzene rings is 2. The van der Waals surface area contributed by atoms with E-state index in [1.165, 1.54) is 0 Å². The summed E-state index contributed by atoms with van der Waals surface area (Å²) in [6.45, 7) is 1.80. The van der Waals surface area contributed by atoms with Crippen molar-refractivity contribution in [2.45, 2.75) is 11.8 Å². The lowest BCUT2D eigenvalue weighted by atomic mass is 10.2. The zero-order valence-corrected chi connectivity index (χ0v) is 13.3. The van der Waals surface area contributed by atoms with Gasteiger partial charge in [-0.25, -0.2) is 8.42 Å². The number of sulfonamides is 1. The largest absolute Gasteiger partial charge is 0.279 e. The van der Waals surface area contributed by atoms with Crippen LogP contribution in [0.25, 0.3) is 10.9 Å². The van der Waals surface area contributed by atoms with E-state index in [-0.39, 0.29) is 4.90 Å². The molecule has 0 fully saturated rings. The van der Waals surface area contributed by atoms with E-state index in [4.69, 9.17) is 11.6 Å². The smallest absolute Gasteiger partial charge is 0.264 e. The van der Waals surface area contributed by atoms with Crippen molar-refractivity contribution in [2.24, 2.45) is 0 Å². The third-order valence-electron chi connectivity index (χ3n) is 3.32. The van der Waals surface area contributed by atoms with Crippen LogP contribution in [-0.4, -0.2) is 13.4 Å². The SMILES string of the molecule is Cc1cc(Cl)ccc1NS(=O)(=O)c1cccc2cccnc12. The fourth-order valence-corrected chi connectivity index (χ4v) is 3.77. The molecular weight excluding hydrogens is 320 g/mol. The number of nitrogens with zero attached hydrogens (tertiary/aromatic N) is 1. The van der Waals surface area contributed by atoms with Crippen LogP contribution in [0.3, 0.4) is 0 Å². The molecule has 0 saturated carbocycles. The highest BCUT2D eigenvalue weighted by Crippen LogP contribution is 2.26. The van der Waals surface area contributed by atoms with Crippen LogP contribution in [0, 0.1) is 6.92 Å². The Labute approximate surface area is 133 Å². The van der Waals surface area contributed by atoms with Gasteiger partial charge < -0.3 is 0 Å². The van der Waals surface area contributed by atoms with Crippen molar-refractivity contribution < 1.29 is 8.42 Å². The Morgan fingerprint density at radius 1 is 1.09 bits per heavy atom. The number of para-hydroxylation sites is 1. The number of aryl methyl sites for hydroxylation is 1. The van der Waals surface area contributed by atoms with E-state index in [2.05, 4.69) is 9.71 Å². The second-order valence-electron chi connectivity index (χ2n) is 4.90. The average Bonchev–Trinajstić information content (AvgIpc) is 2.49. The Morgan fingerprint density at radius 2 is 1.86 bits per heavy atom. The Bertz CT molecular complexity index is 950. The van der Waals surface area contributed by atoms with Crippen LogP contribution in [0.1, 0.15) is 5.56 Å². The van der Waals surface area contributed by atoms with Gasteiger partial charge in [-0.1, -0.05) is 29.8 Å². The molecule has 0 saturated heterocycles. The zero-order valence-electron chi connectivity index (χ0n) is 11.7. The number of nitrogens with one attached hydrogen (secondary N) is 1. The second-order valence-corrected chi connectivity index (χ2v) is 6.98. The molecule has 112 valence electrons. The Balaban J connectivity index is 2.09. The quantitative estimate of drug-likeness (QED) is 0.788. The van der Waals surface area contributed by atoms with E-state index in [9.17, 15) is 8.42 Å². The number of hydrogen-bond acceptors (Lipinski definition) is 3. The first kappa shape index (κ1) is 14.8. The summed E-state index contributed by atoms with van der Waals surface area (Å²) in [5, 5.41) is 1.34. The summed E-state index contributed by atoms with van der Waals surface area (Å²) in [7, 11) is -3.73. The van der Waals surface area contributed by atoms with Crippen LogP contribution in [0.15, 0.2) is 59.6 Å². The van der Waals surface area contributed by atoms with E-state index in [0.717, 1.165) is 10.9 Å². The van der Waals surface area contributed by atoms with Gasteiger partial charge in [0.2, 0.25) is 0 Å². The molecule has 0 unspecified atom stereocenters. The first-order valence-electron chi connectivity index (χ1n) is 6.60. The summed E-state index contributed by atoms with van der Waals surface area (Å²) >= 11 is 5.90. The molecule has 22 heavy (non-hydrogen) atoms. The van der Waals surface area contributed by atoms with Gasteiger partial charge in [0.25, 0.3) is 10.0 Å². The number of aromatic nitrogens is 1. The highest BCUT2D eigenvalue weighted by Gasteiger charge is 2.19. The first-order chi connectivity index (χ1) is 10.5. The summed E-state index contributed by atoms with van der Waals surface area (Å²) in [6, 6.07) is 13.7. The summed E-state index contributed by atoms with van der Waals surface area (Å²) in [5.74, 6) is 0. The van der Waals surface area contributed by atoms with Crippen molar-refractivity contribution in [3.63, 3.8) is 0 Å². The van der Waals surface area contributed by atoms with Crippen molar-refractivity contribution in [3.05, 3.63) is 65.3 Å². The average molecular weight is 333 g/mol. The predicted molar refractivity (Wildman–Crippen MR) is 88.7 cm³/mol. The molecule has 0 aliphatic rings. The standard InChI is InChI=1S/C16H13ClN2O2S/c1-11-10-13(17)7-8-14(11)19-22(20,21)15-6-2-4-12-5-3-9-18-16(12)15/h2-10,19H,1H3. The van der Waals surface area contributed by atoms with E-state index < -0.39 is 10.0 Å². The van der Waals surface area contributed by atoms with Gasteiger partial charge in [-0.2, -0.15) is 0 Å². The van der Waals surface area contributed by atoms with Crippen LogP contribution < -0.4 is 4.72 Å². The molecular formula is C16H13ClN2O2S. The second kappa shape index (κ2) is 5.59. The molecule has 1 N–H and O–H groups in total. The normalized spacial score (nSPS) is 11.5. The minimum atomic E-state index is -3.73. The van der Waals surface area contributed by atoms with Crippen LogP contribution in [0.4, 0.5) is 5.69 Å². The van der Waals surface area contributed by atoms with Crippen molar-refractivity contribution >= 4 is 38.2 Å². The number of rotatable bonds is 3. The molecule has 0 amide bonds. The number of pyridine rings is 1. The van der Waals surface area contributed by atoms with Gasteiger partial charge in [0.05, 0.1) is 11.2 Å². The predicted octanol–water partition coefficient (Wildman–Crippen LogP) is 4.00. The van der Waals surface area contributed by atoms with E-state index >= 15 is 0 Å². The van der Waals surface area contributed by atoms with Gasteiger partial charge in [-0.3, -0.25) is 9.71 Å². The monoisotopic (exact) mass is 332 g/mol. The lowest BCUT2D eigenvalue weighted by Gasteiger charge is -2.12. The minimum Gasteiger partial charge on any atom is -0.279 e. The fraction of sp³-hybridized carbons (Fsp3) is 0.0625. The Morgan fingerprint density at radius 3 is 2.64 bits per heavy atom. The molecule has 0 spiro atoms. The summed E-state index contributed by atoms with van der Waals surface area (Å²) in [5.41, 5.74) is 1.70. The number of anilines is 1. The number of fused-ring (bicyclic) bond motifs is 1. The Hall–Kier alpha value is -2.11. The van der Waals surface area contributed by atoms with Gasteiger partial charge >= 0.3 is 0 Å². The van der Waals surface area contributed by atoms with Crippen LogP contribution >= 0.6 is 11.6 Å². The highest BCUT2D eigenvalue weighted by atomic mass is 35.5. The third-order valence-corrected chi connectivity index (χ3v) is 4.95. The molecule has 0 bridgehead atoms. The van der Waals surface area contributed by atoms with E-state index in [0.29, 0.717) is 16.2 Å². The fourth-order valence-electron chi connectivity index (χ4n) is 2.23. The number of halogens is 1. The molecule has 0 radical (unpaired) electrons. The summed E-state index contributed by atoms with van der Waals surface area (Å²) in [6.07, 6.45) is 1.58. The lowest BCUT2D eigenvalue weighted by Crippen LogP contribution is -2.14. The molecule has 6 heteroatoms.